The van der Waals surface area contributed by atoms with Crippen LogP contribution >= 0.6 is 0 Å². The van der Waals surface area contributed by atoms with Crippen LogP contribution in [0.1, 0.15) is 27.7 Å². The molecule has 0 saturated carbocycles. The first-order valence-electron chi connectivity index (χ1n) is 11.5. The second kappa shape index (κ2) is 7.71. The van der Waals surface area contributed by atoms with Gasteiger partial charge in [-0.25, -0.2) is 4.39 Å². The van der Waals surface area contributed by atoms with Gasteiger partial charge in [-0.2, -0.15) is 0 Å². The van der Waals surface area contributed by atoms with Crippen molar-refractivity contribution in [1.29, 1.82) is 0 Å². The van der Waals surface area contributed by atoms with E-state index in [-0.39, 0.29) is 5.69 Å². The number of rotatable bonds is 4. The van der Waals surface area contributed by atoms with Gasteiger partial charge in [-0.05, 0) is 52.0 Å². The van der Waals surface area contributed by atoms with Crippen LogP contribution in [0.25, 0.3) is 0 Å². The van der Waals surface area contributed by atoms with Gasteiger partial charge in [-0.1, -0.05) is 24.3 Å². The maximum Gasteiger partial charge on any atom is 0.246 e. The number of carbonyl (C=O) groups excluding carboxylic acids is 3. The molecule has 1 aromatic heterocycles. The normalized spacial score (nSPS) is 30.9. The molecule has 182 valence electrons. The largest absolute Gasteiger partial charge is 0.356 e. The standard InChI is InChI=1S/C26H27FN4O4/c1-24(2,3)30-22(33)20-26-12-11-25(4,35-26)18(21(32)29-17-10-6-5-9-16(17)27)19(26)23(34)31(20)15-8-7-13-28-14-15/h5-14,18-20H,1-4H3,(H,29,32)(H,30,33)/t18-,19+,20-,25-,26-/m1/s1. The van der Waals surface area contributed by atoms with Crippen LogP contribution in [0.5, 0.6) is 0 Å². The molecule has 5 rings (SSSR count). The summed E-state index contributed by atoms with van der Waals surface area (Å²) in [6.45, 7) is 7.25. The summed E-state index contributed by atoms with van der Waals surface area (Å²) in [5.74, 6) is -3.93. The van der Waals surface area contributed by atoms with Crippen molar-refractivity contribution >= 4 is 29.1 Å². The second-order valence-electron chi connectivity index (χ2n) is 10.5. The molecule has 3 aliphatic rings. The zero-order chi connectivity index (χ0) is 25.2. The molecule has 3 aliphatic heterocycles. The Morgan fingerprint density at radius 2 is 1.86 bits per heavy atom. The number of nitrogens with one attached hydrogen (secondary N) is 2. The number of carbonyl (C=O) groups is 3. The molecule has 2 N–H and O–H groups in total. The van der Waals surface area contributed by atoms with Gasteiger partial charge in [0.1, 0.15) is 17.5 Å². The number of para-hydroxylation sites is 1. The SMILES string of the molecule is CC(C)(C)NC(=O)[C@H]1N(c2cccnc2)C(=O)[C@@H]2[C@H](C(=O)Nc3ccccc3F)[C@@]3(C)C=C[C@@]21O3. The first kappa shape index (κ1) is 23.2. The molecule has 0 aliphatic carbocycles. The van der Waals surface area contributed by atoms with Gasteiger partial charge in [0, 0.05) is 11.7 Å². The lowest BCUT2D eigenvalue weighted by Crippen LogP contribution is -2.58. The number of fused-ring (bicyclic) bond motifs is 1. The van der Waals surface area contributed by atoms with Crippen LogP contribution in [0.3, 0.4) is 0 Å². The lowest BCUT2D eigenvalue weighted by atomic mass is 9.70. The minimum atomic E-state index is -1.37. The van der Waals surface area contributed by atoms with Crippen LogP contribution in [0.4, 0.5) is 15.8 Å². The summed E-state index contributed by atoms with van der Waals surface area (Å²) >= 11 is 0. The van der Waals surface area contributed by atoms with Crippen molar-refractivity contribution in [2.75, 3.05) is 10.2 Å². The molecule has 2 saturated heterocycles. The zero-order valence-electron chi connectivity index (χ0n) is 19.9. The quantitative estimate of drug-likeness (QED) is 0.659. The number of hydrogen-bond acceptors (Lipinski definition) is 5. The topological polar surface area (TPSA) is 101 Å². The van der Waals surface area contributed by atoms with Crippen LogP contribution in [0.15, 0.2) is 60.9 Å². The molecule has 1 spiro atoms. The molecule has 2 aromatic rings. The first-order valence-corrected chi connectivity index (χ1v) is 11.5. The molecule has 5 atom stereocenters. The summed E-state index contributed by atoms with van der Waals surface area (Å²) < 4.78 is 20.7. The molecule has 0 unspecified atom stereocenters. The van der Waals surface area contributed by atoms with Crippen LogP contribution < -0.4 is 15.5 Å². The average Bonchev–Trinajstić information content (AvgIpc) is 3.35. The highest BCUT2D eigenvalue weighted by Gasteiger charge is 2.76. The van der Waals surface area contributed by atoms with E-state index < -0.39 is 58.2 Å². The summed E-state index contributed by atoms with van der Waals surface area (Å²) in [7, 11) is 0. The third kappa shape index (κ3) is 3.53. The van der Waals surface area contributed by atoms with Crippen molar-refractivity contribution in [2.24, 2.45) is 11.8 Å². The van der Waals surface area contributed by atoms with Crippen LogP contribution in [-0.4, -0.2) is 45.5 Å². The highest BCUT2D eigenvalue weighted by Crippen LogP contribution is 2.60. The Balaban J connectivity index is 1.59. The first-order chi connectivity index (χ1) is 16.5. The number of anilines is 2. The highest BCUT2D eigenvalue weighted by atomic mass is 19.1. The average molecular weight is 479 g/mol. The van der Waals surface area contributed by atoms with E-state index in [0.717, 1.165) is 0 Å². The molecular weight excluding hydrogens is 451 g/mol. The van der Waals surface area contributed by atoms with Crippen LogP contribution in [0, 0.1) is 17.7 Å². The Hall–Kier alpha value is -3.59. The van der Waals surface area contributed by atoms with E-state index in [2.05, 4.69) is 15.6 Å². The molecule has 3 amide bonds. The Morgan fingerprint density at radius 3 is 2.51 bits per heavy atom. The fourth-order valence-electron chi connectivity index (χ4n) is 5.52. The molecule has 35 heavy (non-hydrogen) atoms. The monoisotopic (exact) mass is 478 g/mol. The van der Waals surface area contributed by atoms with Crippen molar-refractivity contribution in [3.63, 3.8) is 0 Å². The number of aromatic nitrogens is 1. The second-order valence-corrected chi connectivity index (χ2v) is 10.5. The number of benzene rings is 1. The van der Waals surface area contributed by atoms with Gasteiger partial charge in [0.05, 0.1) is 35.0 Å². The minimum absolute atomic E-state index is 0.0125. The van der Waals surface area contributed by atoms with Crippen molar-refractivity contribution < 1.29 is 23.5 Å². The molecule has 4 heterocycles. The van der Waals surface area contributed by atoms with E-state index in [0.29, 0.717) is 5.69 Å². The number of amides is 3. The molecular formula is C26H27FN4O4. The van der Waals surface area contributed by atoms with E-state index in [1.54, 1.807) is 43.5 Å². The number of halogens is 1. The lowest BCUT2D eigenvalue weighted by molar-refractivity contribution is -0.131. The zero-order valence-corrected chi connectivity index (χ0v) is 19.9. The third-order valence-corrected chi connectivity index (χ3v) is 6.78. The fraction of sp³-hybridized carbons (Fsp3) is 0.385. The highest BCUT2D eigenvalue weighted by molar-refractivity contribution is 6.11. The Morgan fingerprint density at radius 1 is 1.11 bits per heavy atom. The summed E-state index contributed by atoms with van der Waals surface area (Å²) in [4.78, 5) is 46.6. The summed E-state index contributed by atoms with van der Waals surface area (Å²) in [5.41, 5.74) is -2.64. The van der Waals surface area contributed by atoms with Gasteiger partial charge < -0.3 is 15.4 Å². The lowest BCUT2D eigenvalue weighted by Gasteiger charge is -2.34. The molecule has 2 bridgehead atoms. The molecule has 2 fully saturated rings. The van der Waals surface area contributed by atoms with Crippen molar-refractivity contribution in [1.82, 2.24) is 10.3 Å². The van der Waals surface area contributed by atoms with Gasteiger partial charge in [0.2, 0.25) is 17.7 Å². The van der Waals surface area contributed by atoms with Gasteiger partial charge >= 0.3 is 0 Å². The molecule has 1 aromatic carbocycles. The Labute approximate surface area is 202 Å². The molecule has 9 heteroatoms. The molecule has 8 nitrogen and oxygen atoms in total. The van der Waals surface area contributed by atoms with E-state index >= 15 is 0 Å². The van der Waals surface area contributed by atoms with Gasteiger partial charge in [0.25, 0.3) is 0 Å². The summed E-state index contributed by atoms with van der Waals surface area (Å²) in [6, 6.07) is 8.12. The van der Waals surface area contributed by atoms with E-state index in [1.165, 1.54) is 29.3 Å². The maximum atomic E-state index is 14.3. The Bertz CT molecular complexity index is 1240. The van der Waals surface area contributed by atoms with Crippen molar-refractivity contribution in [3.05, 3.63) is 66.8 Å². The van der Waals surface area contributed by atoms with Crippen LogP contribution in [0.2, 0.25) is 0 Å². The van der Waals surface area contributed by atoms with Gasteiger partial charge in [-0.3, -0.25) is 24.3 Å². The smallest absolute Gasteiger partial charge is 0.246 e. The third-order valence-electron chi connectivity index (χ3n) is 6.78. The van der Waals surface area contributed by atoms with Crippen molar-refractivity contribution in [3.8, 4) is 0 Å². The van der Waals surface area contributed by atoms with Crippen LogP contribution in [-0.2, 0) is 19.1 Å². The number of hydrogen-bond donors (Lipinski definition) is 2. The van der Waals surface area contributed by atoms with Crippen molar-refractivity contribution in [2.45, 2.75) is 50.5 Å². The number of ether oxygens (including phenoxy) is 1. The predicted molar refractivity (Wildman–Crippen MR) is 127 cm³/mol. The Kier molecular flexibility index (Phi) is 5.10. The van der Waals surface area contributed by atoms with E-state index in [9.17, 15) is 18.8 Å². The number of nitrogens with zero attached hydrogens (tertiary/aromatic N) is 2. The van der Waals surface area contributed by atoms with E-state index in [1.807, 2.05) is 20.8 Å². The number of pyridine rings is 1. The van der Waals surface area contributed by atoms with E-state index in [4.69, 9.17) is 4.74 Å². The fourth-order valence-corrected chi connectivity index (χ4v) is 5.52. The summed E-state index contributed by atoms with van der Waals surface area (Å²) in [6.07, 6.45) is 6.53. The maximum absolute atomic E-state index is 14.3. The van der Waals surface area contributed by atoms with Gasteiger partial charge in [-0.15, -0.1) is 0 Å². The molecule has 0 radical (unpaired) electrons. The predicted octanol–water partition coefficient (Wildman–Crippen LogP) is 2.82. The summed E-state index contributed by atoms with van der Waals surface area (Å²) in [5, 5.41) is 5.58. The van der Waals surface area contributed by atoms with Gasteiger partial charge in [0.15, 0.2) is 0 Å². The minimum Gasteiger partial charge on any atom is -0.356 e.